The summed E-state index contributed by atoms with van der Waals surface area (Å²) in [6.45, 7) is 7.46. The maximum atomic E-state index is 12.4. The topological polar surface area (TPSA) is 50.8 Å². The minimum absolute atomic E-state index is 0.0532. The van der Waals surface area contributed by atoms with Gasteiger partial charge in [-0.3, -0.25) is 9.69 Å². The predicted octanol–water partition coefficient (Wildman–Crippen LogP) is 2.78. The second-order valence-electron chi connectivity index (χ2n) is 5.73. The molecule has 122 valence electrons. The highest BCUT2D eigenvalue weighted by molar-refractivity contribution is 6.32. The first kappa shape index (κ1) is 17.1. The monoisotopic (exact) mass is 326 g/mol. The Morgan fingerprint density at radius 3 is 2.59 bits per heavy atom. The van der Waals surface area contributed by atoms with E-state index in [0.717, 1.165) is 13.1 Å². The number of nitrogens with one attached hydrogen (secondary N) is 1. The smallest absolute Gasteiger partial charge is 0.241 e. The summed E-state index contributed by atoms with van der Waals surface area (Å²) in [7, 11) is 1.56. The first-order valence-corrected chi connectivity index (χ1v) is 7.82. The van der Waals surface area contributed by atoms with Crippen molar-refractivity contribution in [2.24, 2.45) is 0 Å². The van der Waals surface area contributed by atoms with Crippen molar-refractivity contribution >= 4 is 23.2 Å². The van der Waals surface area contributed by atoms with Gasteiger partial charge in [0.25, 0.3) is 0 Å². The molecule has 1 heterocycles. The van der Waals surface area contributed by atoms with Crippen LogP contribution in [0.3, 0.4) is 0 Å². The van der Waals surface area contributed by atoms with E-state index in [1.54, 1.807) is 25.3 Å². The van der Waals surface area contributed by atoms with Crippen molar-refractivity contribution in [3.63, 3.8) is 0 Å². The molecule has 0 radical (unpaired) electrons. The van der Waals surface area contributed by atoms with E-state index in [1.807, 2.05) is 20.8 Å². The standard InChI is InChI=1S/C16H23ClN2O3/c1-10-8-19(9-11(2)22-10)12(3)16(20)18-13-5-6-15(21-4)14(17)7-13/h5-7,10-12H,8-9H2,1-4H3,(H,18,20)/t10-,11+,12-/m0/s1. The van der Waals surface area contributed by atoms with Gasteiger partial charge in [0.1, 0.15) is 5.75 Å². The van der Waals surface area contributed by atoms with Crippen LogP contribution in [0.25, 0.3) is 0 Å². The highest BCUT2D eigenvalue weighted by Gasteiger charge is 2.29. The van der Waals surface area contributed by atoms with Crippen LogP contribution < -0.4 is 10.1 Å². The van der Waals surface area contributed by atoms with E-state index in [0.29, 0.717) is 16.5 Å². The van der Waals surface area contributed by atoms with Gasteiger partial charge < -0.3 is 14.8 Å². The van der Waals surface area contributed by atoms with E-state index >= 15 is 0 Å². The fourth-order valence-corrected chi connectivity index (χ4v) is 2.95. The SMILES string of the molecule is COc1ccc(NC(=O)[C@H](C)N2C[C@@H](C)O[C@@H](C)C2)cc1Cl. The van der Waals surface area contributed by atoms with Crippen LogP contribution in [0.4, 0.5) is 5.69 Å². The van der Waals surface area contributed by atoms with Crippen LogP contribution >= 0.6 is 11.6 Å². The van der Waals surface area contributed by atoms with Crippen LogP contribution in [0.5, 0.6) is 5.75 Å². The molecule has 22 heavy (non-hydrogen) atoms. The molecule has 1 aliphatic rings. The number of carbonyl (C=O) groups is 1. The van der Waals surface area contributed by atoms with E-state index in [9.17, 15) is 4.79 Å². The van der Waals surface area contributed by atoms with Gasteiger partial charge in [0.15, 0.2) is 0 Å². The van der Waals surface area contributed by atoms with Gasteiger partial charge in [-0.1, -0.05) is 11.6 Å². The molecule has 1 aliphatic heterocycles. The number of hydrogen-bond donors (Lipinski definition) is 1. The maximum absolute atomic E-state index is 12.4. The number of morpholine rings is 1. The van der Waals surface area contributed by atoms with Gasteiger partial charge in [-0.25, -0.2) is 0 Å². The minimum atomic E-state index is -0.227. The fourth-order valence-electron chi connectivity index (χ4n) is 2.69. The molecule has 0 aliphatic carbocycles. The molecule has 0 unspecified atom stereocenters. The fraction of sp³-hybridized carbons (Fsp3) is 0.562. The molecular formula is C16H23ClN2O3. The summed E-state index contributed by atoms with van der Waals surface area (Å²) in [6.07, 6.45) is 0.267. The molecule has 5 nitrogen and oxygen atoms in total. The number of rotatable bonds is 4. The third-order valence-corrected chi connectivity index (χ3v) is 4.09. The van der Waals surface area contributed by atoms with Gasteiger partial charge in [0.2, 0.25) is 5.91 Å². The lowest BCUT2D eigenvalue weighted by Gasteiger charge is -2.38. The number of benzene rings is 1. The average molecular weight is 327 g/mol. The van der Waals surface area contributed by atoms with Gasteiger partial charge in [-0.05, 0) is 39.0 Å². The summed E-state index contributed by atoms with van der Waals surface area (Å²) in [6, 6.07) is 4.98. The molecular weight excluding hydrogens is 304 g/mol. The summed E-state index contributed by atoms with van der Waals surface area (Å²) >= 11 is 6.08. The second-order valence-corrected chi connectivity index (χ2v) is 6.13. The number of halogens is 1. The molecule has 0 aromatic heterocycles. The molecule has 1 aromatic rings. The van der Waals surface area contributed by atoms with Crippen LogP contribution in [0, 0.1) is 0 Å². The van der Waals surface area contributed by atoms with E-state index in [1.165, 1.54) is 0 Å². The van der Waals surface area contributed by atoms with Crippen molar-refractivity contribution < 1.29 is 14.3 Å². The highest BCUT2D eigenvalue weighted by atomic mass is 35.5. The lowest BCUT2D eigenvalue weighted by atomic mass is 10.1. The molecule has 2 rings (SSSR count). The Bertz CT molecular complexity index is 528. The van der Waals surface area contributed by atoms with Crippen LogP contribution in [-0.2, 0) is 9.53 Å². The van der Waals surface area contributed by atoms with Crippen molar-refractivity contribution in [2.45, 2.75) is 39.0 Å². The summed E-state index contributed by atoms with van der Waals surface area (Å²) in [5.41, 5.74) is 0.664. The number of anilines is 1. The number of nitrogens with zero attached hydrogens (tertiary/aromatic N) is 1. The van der Waals surface area contributed by atoms with Gasteiger partial charge in [0, 0.05) is 18.8 Å². The average Bonchev–Trinajstić information content (AvgIpc) is 2.45. The summed E-state index contributed by atoms with van der Waals surface area (Å²) in [5.74, 6) is 0.533. The van der Waals surface area contributed by atoms with Crippen molar-refractivity contribution in [3.8, 4) is 5.75 Å². The second kappa shape index (κ2) is 7.31. The van der Waals surface area contributed by atoms with E-state index in [-0.39, 0.29) is 24.2 Å². The van der Waals surface area contributed by atoms with Gasteiger partial charge in [-0.15, -0.1) is 0 Å². The molecule has 0 saturated carbocycles. The Hall–Kier alpha value is -1.30. The Balaban J connectivity index is 2.00. The summed E-state index contributed by atoms with van der Waals surface area (Å²) < 4.78 is 10.8. The Morgan fingerprint density at radius 2 is 2.05 bits per heavy atom. The van der Waals surface area contributed by atoms with Crippen LogP contribution in [0.1, 0.15) is 20.8 Å². The Kier molecular flexibility index (Phi) is 5.67. The van der Waals surface area contributed by atoms with Crippen molar-refractivity contribution in [3.05, 3.63) is 23.2 Å². The van der Waals surface area contributed by atoms with Gasteiger partial charge in [0.05, 0.1) is 30.4 Å². The molecule has 0 bridgehead atoms. The quantitative estimate of drug-likeness (QED) is 0.924. The number of methoxy groups -OCH3 is 1. The van der Waals surface area contributed by atoms with Crippen LogP contribution in [0.15, 0.2) is 18.2 Å². The van der Waals surface area contributed by atoms with E-state index < -0.39 is 0 Å². The van der Waals surface area contributed by atoms with Gasteiger partial charge >= 0.3 is 0 Å². The number of hydrogen-bond acceptors (Lipinski definition) is 4. The first-order valence-electron chi connectivity index (χ1n) is 7.44. The Morgan fingerprint density at radius 1 is 1.41 bits per heavy atom. The minimum Gasteiger partial charge on any atom is -0.495 e. The molecule has 1 N–H and O–H groups in total. The summed E-state index contributed by atoms with van der Waals surface area (Å²) in [4.78, 5) is 14.6. The van der Waals surface area contributed by atoms with Crippen molar-refractivity contribution in [1.82, 2.24) is 4.90 Å². The molecule has 1 amide bonds. The lowest BCUT2D eigenvalue weighted by Crippen LogP contribution is -2.52. The first-order chi connectivity index (χ1) is 10.4. The zero-order valence-corrected chi connectivity index (χ0v) is 14.2. The third-order valence-electron chi connectivity index (χ3n) is 3.79. The molecule has 3 atom stereocenters. The van der Waals surface area contributed by atoms with Crippen LogP contribution in [-0.4, -0.2) is 49.3 Å². The third kappa shape index (κ3) is 4.12. The van der Waals surface area contributed by atoms with Gasteiger partial charge in [-0.2, -0.15) is 0 Å². The molecule has 1 saturated heterocycles. The zero-order chi connectivity index (χ0) is 16.3. The molecule has 1 fully saturated rings. The van der Waals surface area contributed by atoms with E-state index in [2.05, 4.69) is 10.2 Å². The Labute approximate surface area is 136 Å². The maximum Gasteiger partial charge on any atom is 0.241 e. The number of amides is 1. The lowest BCUT2D eigenvalue weighted by molar-refractivity contribution is -0.126. The van der Waals surface area contributed by atoms with E-state index in [4.69, 9.17) is 21.1 Å². The normalized spacial score (nSPS) is 23.9. The van der Waals surface area contributed by atoms with Crippen LogP contribution in [0.2, 0.25) is 5.02 Å². The predicted molar refractivity (Wildman–Crippen MR) is 87.7 cm³/mol. The molecule has 6 heteroatoms. The van der Waals surface area contributed by atoms with Crippen molar-refractivity contribution in [2.75, 3.05) is 25.5 Å². The number of ether oxygens (including phenoxy) is 2. The zero-order valence-electron chi connectivity index (χ0n) is 13.4. The largest absolute Gasteiger partial charge is 0.495 e. The highest BCUT2D eigenvalue weighted by Crippen LogP contribution is 2.27. The molecule has 1 aromatic carbocycles. The van der Waals surface area contributed by atoms with Crippen molar-refractivity contribution in [1.29, 1.82) is 0 Å². The molecule has 0 spiro atoms. The summed E-state index contributed by atoms with van der Waals surface area (Å²) in [5, 5.41) is 3.37. The number of carbonyl (C=O) groups excluding carboxylic acids is 1.